The van der Waals surface area contributed by atoms with Crippen molar-refractivity contribution >= 4 is 21.6 Å². The fourth-order valence-electron chi connectivity index (χ4n) is 2.61. The summed E-state index contributed by atoms with van der Waals surface area (Å²) in [5.41, 5.74) is 1.16. The molecule has 1 aliphatic heterocycles. The Labute approximate surface area is 122 Å². The summed E-state index contributed by atoms with van der Waals surface area (Å²) in [6, 6.07) is 5.40. The summed E-state index contributed by atoms with van der Waals surface area (Å²) < 4.78 is 0.544. The van der Waals surface area contributed by atoms with Gasteiger partial charge in [0.1, 0.15) is 0 Å². The van der Waals surface area contributed by atoms with Gasteiger partial charge in [0.25, 0.3) is 5.69 Å². The number of nitrogens with zero attached hydrogens (tertiary/aromatic N) is 2. The summed E-state index contributed by atoms with van der Waals surface area (Å²) in [6.07, 6.45) is 1.23. The quantitative estimate of drug-likeness (QED) is 0.624. The van der Waals surface area contributed by atoms with Crippen LogP contribution in [0.25, 0.3) is 0 Å². The molecule has 0 amide bonds. The maximum Gasteiger partial charge on any atom is 0.283 e. The molecular weight excluding hydrogens is 308 g/mol. The van der Waals surface area contributed by atoms with Gasteiger partial charge >= 0.3 is 0 Å². The van der Waals surface area contributed by atoms with Crippen LogP contribution in [0, 0.1) is 22.0 Å². The van der Waals surface area contributed by atoms with Gasteiger partial charge in [-0.05, 0) is 52.4 Å². The molecule has 2 rings (SSSR count). The molecule has 0 radical (unpaired) electrons. The first-order valence-electron chi connectivity index (χ1n) is 6.62. The molecule has 1 aromatic carbocycles. The number of likely N-dealkylation sites (tertiary alicyclic amines) is 1. The van der Waals surface area contributed by atoms with Crippen LogP contribution in [-0.2, 0) is 6.54 Å². The number of hydrogen-bond donors (Lipinski definition) is 0. The van der Waals surface area contributed by atoms with Crippen LogP contribution < -0.4 is 0 Å². The molecule has 104 valence electrons. The van der Waals surface area contributed by atoms with Crippen molar-refractivity contribution in [3.63, 3.8) is 0 Å². The number of hydrogen-bond acceptors (Lipinski definition) is 3. The van der Waals surface area contributed by atoms with E-state index in [1.165, 1.54) is 6.42 Å². The third kappa shape index (κ3) is 3.54. The monoisotopic (exact) mass is 326 g/mol. The maximum absolute atomic E-state index is 10.9. The van der Waals surface area contributed by atoms with Crippen LogP contribution >= 0.6 is 15.9 Å². The van der Waals surface area contributed by atoms with E-state index in [2.05, 4.69) is 34.7 Å². The molecule has 1 heterocycles. The van der Waals surface area contributed by atoms with Crippen LogP contribution in [0.3, 0.4) is 0 Å². The van der Waals surface area contributed by atoms with E-state index < -0.39 is 0 Å². The molecular formula is C14H19BrN2O2. The van der Waals surface area contributed by atoms with Crippen molar-refractivity contribution in [3.05, 3.63) is 38.3 Å². The van der Waals surface area contributed by atoms with Gasteiger partial charge in [0, 0.05) is 19.2 Å². The number of nitro groups is 1. The Morgan fingerprint density at radius 2 is 2.26 bits per heavy atom. The minimum absolute atomic E-state index is 0.150. The average Bonchev–Trinajstić information content (AvgIpc) is 2.80. The van der Waals surface area contributed by atoms with Gasteiger partial charge in [-0.2, -0.15) is 0 Å². The predicted octanol–water partition coefficient (Wildman–Crippen LogP) is 3.84. The molecule has 1 fully saturated rings. The fourth-order valence-corrected chi connectivity index (χ4v) is 3.00. The predicted molar refractivity (Wildman–Crippen MR) is 79.0 cm³/mol. The Morgan fingerprint density at radius 3 is 2.84 bits per heavy atom. The zero-order valence-electron chi connectivity index (χ0n) is 11.3. The van der Waals surface area contributed by atoms with E-state index in [0.717, 1.165) is 31.1 Å². The summed E-state index contributed by atoms with van der Waals surface area (Å²) >= 11 is 3.22. The molecule has 0 aromatic heterocycles. The highest BCUT2D eigenvalue weighted by atomic mass is 79.9. The van der Waals surface area contributed by atoms with Gasteiger partial charge in [-0.3, -0.25) is 15.0 Å². The number of halogens is 1. The Bertz CT molecular complexity index is 477. The van der Waals surface area contributed by atoms with Crippen LogP contribution in [-0.4, -0.2) is 22.9 Å². The molecule has 1 aromatic rings. The molecule has 5 heteroatoms. The summed E-state index contributed by atoms with van der Waals surface area (Å²) in [7, 11) is 0. The van der Waals surface area contributed by atoms with E-state index in [1.54, 1.807) is 12.1 Å². The normalized spacial score (nSPS) is 20.1. The lowest BCUT2D eigenvalue weighted by Crippen LogP contribution is -2.21. The molecule has 0 bridgehead atoms. The molecule has 1 aliphatic rings. The van der Waals surface area contributed by atoms with E-state index in [4.69, 9.17) is 0 Å². The van der Waals surface area contributed by atoms with Crippen molar-refractivity contribution in [1.82, 2.24) is 4.90 Å². The van der Waals surface area contributed by atoms with Crippen molar-refractivity contribution in [3.8, 4) is 0 Å². The molecule has 1 saturated heterocycles. The Hall–Kier alpha value is -0.940. The Morgan fingerprint density at radius 1 is 1.53 bits per heavy atom. The van der Waals surface area contributed by atoms with Gasteiger partial charge in [-0.15, -0.1) is 0 Å². The number of nitro benzene ring substituents is 1. The van der Waals surface area contributed by atoms with Gasteiger partial charge in [-0.1, -0.05) is 19.9 Å². The van der Waals surface area contributed by atoms with Gasteiger partial charge in [0.05, 0.1) is 9.40 Å². The minimum atomic E-state index is -0.339. The summed E-state index contributed by atoms with van der Waals surface area (Å²) in [5.74, 6) is 1.47. The highest BCUT2D eigenvalue weighted by Gasteiger charge is 2.25. The lowest BCUT2D eigenvalue weighted by Gasteiger charge is -2.17. The highest BCUT2D eigenvalue weighted by molar-refractivity contribution is 9.10. The van der Waals surface area contributed by atoms with Crippen molar-refractivity contribution in [2.45, 2.75) is 26.8 Å². The lowest BCUT2D eigenvalue weighted by molar-refractivity contribution is -0.385. The molecule has 0 saturated carbocycles. The Balaban J connectivity index is 2.04. The van der Waals surface area contributed by atoms with E-state index in [9.17, 15) is 10.1 Å². The van der Waals surface area contributed by atoms with E-state index in [0.29, 0.717) is 10.4 Å². The van der Waals surface area contributed by atoms with Gasteiger partial charge in [-0.25, -0.2) is 0 Å². The van der Waals surface area contributed by atoms with Crippen molar-refractivity contribution in [2.75, 3.05) is 13.1 Å². The minimum Gasteiger partial charge on any atom is -0.299 e. The van der Waals surface area contributed by atoms with E-state index in [-0.39, 0.29) is 10.6 Å². The molecule has 19 heavy (non-hydrogen) atoms. The number of rotatable bonds is 4. The topological polar surface area (TPSA) is 46.4 Å². The second kappa shape index (κ2) is 6.01. The van der Waals surface area contributed by atoms with Crippen LogP contribution in [0.15, 0.2) is 22.7 Å². The maximum atomic E-state index is 10.9. The first-order chi connectivity index (χ1) is 8.97. The Kier molecular flexibility index (Phi) is 4.58. The van der Waals surface area contributed by atoms with E-state index >= 15 is 0 Å². The molecule has 1 atom stereocenters. The third-order valence-corrected chi connectivity index (χ3v) is 4.54. The summed E-state index contributed by atoms with van der Waals surface area (Å²) in [5, 5.41) is 10.9. The lowest BCUT2D eigenvalue weighted by atomic mass is 9.95. The van der Waals surface area contributed by atoms with Crippen molar-refractivity contribution < 1.29 is 4.92 Å². The molecule has 0 spiro atoms. The van der Waals surface area contributed by atoms with Crippen LogP contribution in [0.5, 0.6) is 0 Å². The number of benzene rings is 1. The first kappa shape index (κ1) is 14.5. The first-order valence-corrected chi connectivity index (χ1v) is 7.42. The summed E-state index contributed by atoms with van der Waals surface area (Å²) in [4.78, 5) is 13.0. The second-order valence-corrected chi connectivity index (χ2v) is 6.43. The largest absolute Gasteiger partial charge is 0.299 e. The highest BCUT2D eigenvalue weighted by Crippen LogP contribution is 2.28. The molecule has 4 nitrogen and oxygen atoms in total. The summed E-state index contributed by atoms with van der Waals surface area (Å²) in [6.45, 7) is 7.52. The SMILES string of the molecule is CC(C)C1CCN(Cc2ccc(Br)c([N+](=O)[O-])c2)C1. The smallest absolute Gasteiger partial charge is 0.283 e. The third-order valence-electron chi connectivity index (χ3n) is 3.87. The van der Waals surface area contributed by atoms with Crippen LogP contribution in [0.1, 0.15) is 25.8 Å². The van der Waals surface area contributed by atoms with Gasteiger partial charge < -0.3 is 0 Å². The zero-order chi connectivity index (χ0) is 14.0. The van der Waals surface area contributed by atoms with Crippen molar-refractivity contribution in [1.29, 1.82) is 0 Å². The van der Waals surface area contributed by atoms with E-state index in [1.807, 2.05) is 6.07 Å². The van der Waals surface area contributed by atoms with Crippen LogP contribution in [0.4, 0.5) is 5.69 Å². The molecule has 0 N–H and O–H groups in total. The van der Waals surface area contributed by atoms with Gasteiger partial charge in [0.2, 0.25) is 0 Å². The van der Waals surface area contributed by atoms with Gasteiger partial charge in [0.15, 0.2) is 0 Å². The molecule has 0 aliphatic carbocycles. The fraction of sp³-hybridized carbons (Fsp3) is 0.571. The standard InChI is InChI=1S/C14H19BrN2O2/c1-10(2)12-5-6-16(9-12)8-11-3-4-13(15)14(7-11)17(18)19/h3-4,7,10,12H,5-6,8-9H2,1-2H3. The van der Waals surface area contributed by atoms with Crippen LogP contribution in [0.2, 0.25) is 0 Å². The average molecular weight is 327 g/mol. The van der Waals surface area contributed by atoms with Crippen molar-refractivity contribution in [2.24, 2.45) is 11.8 Å². The molecule has 1 unspecified atom stereocenters. The second-order valence-electron chi connectivity index (χ2n) is 5.57. The zero-order valence-corrected chi connectivity index (χ0v) is 12.9.